The number of hydrogen-bond acceptors (Lipinski definition) is 4. The number of methoxy groups -OCH3 is 2. The summed E-state index contributed by atoms with van der Waals surface area (Å²) in [7, 11) is 3.42. The predicted octanol–water partition coefficient (Wildman–Crippen LogP) is 4.45. The molecule has 0 bridgehead atoms. The number of benzene rings is 1. The molecule has 1 saturated heterocycles. The normalized spacial score (nSPS) is 19.1. The number of amides is 2. The third kappa shape index (κ3) is 5.69. The number of carbonyl (C=O) groups is 1. The Bertz CT molecular complexity index is 742. The average molecular weight is 446 g/mol. The molecule has 6 heteroatoms. The van der Waals surface area contributed by atoms with Crippen LogP contribution >= 0.6 is 0 Å². The van der Waals surface area contributed by atoms with Gasteiger partial charge in [0.25, 0.3) is 0 Å². The van der Waals surface area contributed by atoms with Crippen LogP contribution in [0.1, 0.15) is 57.6 Å². The second kappa shape index (κ2) is 11.8. The van der Waals surface area contributed by atoms with Crippen LogP contribution in [0.3, 0.4) is 0 Å². The topological polar surface area (TPSA) is 45.2 Å². The van der Waals surface area contributed by atoms with Crippen molar-refractivity contribution in [2.45, 2.75) is 65.3 Å². The van der Waals surface area contributed by atoms with E-state index in [1.165, 1.54) is 24.0 Å². The lowest BCUT2D eigenvalue weighted by atomic mass is 9.86. The van der Waals surface area contributed by atoms with E-state index in [4.69, 9.17) is 9.47 Å². The van der Waals surface area contributed by atoms with Crippen LogP contribution in [0, 0.1) is 5.92 Å². The van der Waals surface area contributed by atoms with Gasteiger partial charge in [0, 0.05) is 38.8 Å². The number of carbonyl (C=O) groups excluding carboxylic acids is 1. The molecule has 1 unspecified atom stereocenters. The van der Waals surface area contributed by atoms with Crippen LogP contribution in [-0.4, -0.2) is 80.3 Å². The smallest absolute Gasteiger partial charge is 0.319 e. The lowest BCUT2D eigenvalue weighted by Gasteiger charge is -2.40. The number of nitrogens with zero attached hydrogens (tertiary/aromatic N) is 3. The first-order valence-corrected chi connectivity index (χ1v) is 12.6. The number of aryl methyl sites for hydroxylation is 1. The zero-order chi connectivity index (χ0) is 23.1. The molecule has 6 nitrogen and oxygen atoms in total. The van der Waals surface area contributed by atoms with Gasteiger partial charge in [-0.3, -0.25) is 4.90 Å². The third-order valence-electron chi connectivity index (χ3n) is 7.35. The van der Waals surface area contributed by atoms with Crippen molar-refractivity contribution in [3.05, 3.63) is 23.3 Å². The molecule has 0 radical (unpaired) electrons. The minimum Gasteiger partial charge on any atom is -0.493 e. The molecule has 1 aliphatic carbocycles. The summed E-state index contributed by atoms with van der Waals surface area (Å²) in [6.07, 6.45) is 6.77. The van der Waals surface area contributed by atoms with Crippen LogP contribution in [0.15, 0.2) is 12.1 Å². The lowest BCUT2D eigenvalue weighted by molar-refractivity contribution is 0.105. The van der Waals surface area contributed by atoms with Gasteiger partial charge in [-0.05, 0) is 88.1 Å². The Balaban J connectivity index is 1.60. The fourth-order valence-corrected chi connectivity index (χ4v) is 5.42. The van der Waals surface area contributed by atoms with E-state index in [0.717, 1.165) is 76.5 Å². The summed E-state index contributed by atoms with van der Waals surface area (Å²) in [6.45, 7) is 12.1. The van der Waals surface area contributed by atoms with Crippen LogP contribution < -0.4 is 9.47 Å². The summed E-state index contributed by atoms with van der Waals surface area (Å²) in [5.41, 5.74) is 2.80. The highest BCUT2D eigenvalue weighted by Crippen LogP contribution is 2.35. The Morgan fingerprint density at radius 2 is 1.62 bits per heavy atom. The highest BCUT2D eigenvalue weighted by Gasteiger charge is 2.30. The summed E-state index contributed by atoms with van der Waals surface area (Å²) in [5.74, 6) is 2.34. The molecular weight excluding hydrogens is 402 g/mol. The maximum atomic E-state index is 12.7. The number of hydrogen-bond donors (Lipinski definition) is 0. The van der Waals surface area contributed by atoms with E-state index in [9.17, 15) is 4.79 Å². The first-order valence-electron chi connectivity index (χ1n) is 12.6. The molecule has 32 heavy (non-hydrogen) atoms. The fourth-order valence-electron chi connectivity index (χ4n) is 5.42. The van der Waals surface area contributed by atoms with Gasteiger partial charge < -0.3 is 19.3 Å². The Morgan fingerprint density at radius 1 is 1.00 bits per heavy atom. The van der Waals surface area contributed by atoms with Crippen molar-refractivity contribution in [3.63, 3.8) is 0 Å². The van der Waals surface area contributed by atoms with E-state index < -0.39 is 0 Å². The number of ether oxygens (including phenoxy) is 2. The molecule has 0 saturated carbocycles. The van der Waals surface area contributed by atoms with Crippen LogP contribution in [0.5, 0.6) is 11.5 Å². The summed E-state index contributed by atoms with van der Waals surface area (Å²) in [6, 6.07) is 5.14. The number of piperidine rings is 1. The zero-order valence-corrected chi connectivity index (χ0v) is 20.9. The molecule has 0 aromatic heterocycles. The summed E-state index contributed by atoms with van der Waals surface area (Å²) in [4.78, 5) is 19.4. The van der Waals surface area contributed by atoms with Crippen LogP contribution in [-0.2, 0) is 12.8 Å². The maximum Gasteiger partial charge on any atom is 0.319 e. The number of urea groups is 1. The molecule has 1 aromatic carbocycles. The van der Waals surface area contributed by atoms with E-state index in [2.05, 4.69) is 42.7 Å². The molecule has 0 spiro atoms. The molecule has 1 atom stereocenters. The standard InChI is InChI=1S/C26H43N3O3/c1-6-13-29(19-20-11-14-28(15-12-20)26(30)27(7-2)8-3)23-10-9-21-17-24(31-4)25(32-5)18-22(21)16-23/h17-18,20,23H,6-16,19H2,1-5H3. The molecule has 3 rings (SSSR count). The quantitative estimate of drug-likeness (QED) is 0.563. The molecule has 0 N–H and O–H groups in total. The van der Waals surface area contributed by atoms with Crippen molar-refractivity contribution >= 4 is 6.03 Å². The Hall–Kier alpha value is -1.95. The molecule has 2 aliphatic rings. The van der Waals surface area contributed by atoms with Gasteiger partial charge in [0.1, 0.15) is 0 Å². The van der Waals surface area contributed by atoms with Crippen molar-refractivity contribution < 1.29 is 14.3 Å². The largest absolute Gasteiger partial charge is 0.493 e. The van der Waals surface area contributed by atoms with Gasteiger partial charge in [-0.2, -0.15) is 0 Å². The highest BCUT2D eigenvalue weighted by atomic mass is 16.5. The lowest BCUT2D eigenvalue weighted by Crippen LogP contribution is -2.49. The zero-order valence-electron chi connectivity index (χ0n) is 20.9. The van der Waals surface area contributed by atoms with Crippen LogP contribution in [0.2, 0.25) is 0 Å². The first kappa shape index (κ1) is 24.7. The first-order chi connectivity index (χ1) is 15.5. The molecule has 1 aromatic rings. The molecule has 1 aliphatic heterocycles. The molecule has 180 valence electrons. The van der Waals surface area contributed by atoms with Gasteiger partial charge in [0.05, 0.1) is 14.2 Å². The monoisotopic (exact) mass is 445 g/mol. The Kier molecular flexibility index (Phi) is 9.09. The van der Waals surface area contributed by atoms with Gasteiger partial charge in [0.2, 0.25) is 0 Å². The minimum atomic E-state index is 0.215. The van der Waals surface area contributed by atoms with Crippen LogP contribution in [0.4, 0.5) is 4.79 Å². The van der Waals surface area contributed by atoms with Crippen LogP contribution in [0.25, 0.3) is 0 Å². The summed E-state index contributed by atoms with van der Waals surface area (Å²) in [5, 5.41) is 0. The highest BCUT2D eigenvalue weighted by molar-refractivity contribution is 5.74. The van der Waals surface area contributed by atoms with Crippen molar-refractivity contribution in [1.29, 1.82) is 0 Å². The second-order valence-electron chi connectivity index (χ2n) is 9.25. The van der Waals surface area contributed by atoms with Crippen molar-refractivity contribution in [2.24, 2.45) is 5.92 Å². The maximum absolute atomic E-state index is 12.7. The number of fused-ring (bicyclic) bond motifs is 1. The summed E-state index contributed by atoms with van der Waals surface area (Å²) >= 11 is 0. The minimum absolute atomic E-state index is 0.215. The van der Waals surface area contributed by atoms with E-state index >= 15 is 0 Å². The number of rotatable bonds is 9. The molecular formula is C26H43N3O3. The molecule has 1 fully saturated rings. The number of likely N-dealkylation sites (tertiary alicyclic amines) is 1. The van der Waals surface area contributed by atoms with E-state index in [1.807, 2.05) is 4.90 Å². The SMILES string of the molecule is CCCN(CC1CCN(C(=O)N(CC)CC)CC1)C1CCc2cc(OC)c(OC)cc2C1. The van der Waals surface area contributed by atoms with Crippen molar-refractivity contribution in [2.75, 3.05) is 53.5 Å². The van der Waals surface area contributed by atoms with Gasteiger partial charge >= 0.3 is 6.03 Å². The predicted molar refractivity (Wildman–Crippen MR) is 130 cm³/mol. The van der Waals surface area contributed by atoms with Gasteiger partial charge in [-0.1, -0.05) is 6.92 Å². The van der Waals surface area contributed by atoms with Crippen molar-refractivity contribution in [1.82, 2.24) is 14.7 Å². The molecule has 2 amide bonds. The average Bonchev–Trinajstić information content (AvgIpc) is 2.83. The Morgan fingerprint density at radius 3 is 2.19 bits per heavy atom. The molecule has 1 heterocycles. The van der Waals surface area contributed by atoms with Gasteiger partial charge in [-0.15, -0.1) is 0 Å². The van der Waals surface area contributed by atoms with Gasteiger partial charge in [0.15, 0.2) is 11.5 Å². The third-order valence-corrected chi connectivity index (χ3v) is 7.35. The van der Waals surface area contributed by atoms with E-state index in [1.54, 1.807) is 14.2 Å². The fraction of sp³-hybridized carbons (Fsp3) is 0.731. The second-order valence-corrected chi connectivity index (χ2v) is 9.25. The van der Waals surface area contributed by atoms with E-state index in [0.29, 0.717) is 12.0 Å². The van der Waals surface area contributed by atoms with Gasteiger partial charge in [-0.25, -0.2) is 4.79 Å². The Labute approximate surface area is 194 Å². The van der Waals surface area contributed by atoms with E-state index in [-0.39, 0.29) is 6.03 Å². The van der Waals surface area contributed by atoms with Crippen molar-refractivity contribution in [3.8, 4) is 11.5 Å². The summed E-state index contributed by atoms with van der Waals surface area (Å²) < 4.78 is 11.1.